The summed E-state index contributed by atoms with van der Waals surface area (Å²) in [6.07, 6.45) is 2.53. The number of para-hydroxylation sites is 1. The molecule has 0 spiro atoms. The lowest BCUT2D eigenvalue weighted by molar-refractivity contribution is -0.385. The van der Waals surface area contributed by atoms with E-state index in [1.54, 1.807) is 0 Å². The molecule has 6 nitrogen and oxygen atoms in total. The van der Waals surface area contributed by atoms with Crippen LogP contribution in [0.5, 0.6) is 5.75 Å². The monoisotopic (exact) mass is 344 g/mol. The van der Waals surface area contributed by atoms with Gasteiger partial charge in [-0.25, -0.2) is 14.2 Å². The van der Waals surface area contributed by atoms with E-state index in [0.717, 1.165) is 34.5 Å². The van der Waals surface area contributed by atoms with E-state index in [4.69, 9.17) is 4.74 Å². The van der Waals surface area contributed by atoms with E-state index in [9.17, 15) is 19.3 Å². The first-order chi connectivity index (χ1) is 11.5. The summed E-state index contributed by atoms with van der Waals surface area (Å²) in [6.45, 7) is 0. The Hall–Kier alpha value is -3.13. The number of nitrogens with zero attached hydrogens (tertiary/aromatic N) is 2. The van der Waals surface area contributed by atoms with Crippen LogP contribution in [0.3, 0.4) is 0 Å². The van der Waals surface area contributed by atoms with Gasteiger partial charge in [0.15, 0.2) is 0 Å². The van der Waals surface area contributed by atoms with Crippen molar-refractivity contribution in [2.45, 2.75) is 0 Å². The van der Waals surface area contributed by atoms with Crippen molar-refractivity contribution in [1.82, 2.24) is 4.98 Å². The minimum atomic E-state index is -0.858. The van der Waals surface area contributed by atoms with Crippen LogP contribution in [0.1, 0.15) is 5.01 Å². The van der Waals surface area contributed by atoms with Crippen molar-refractivity contribution in [2.24, 2.45) is 0 Å². The molecule has 0 saturated carbocycles. The minimum absolute atomic E-state index is 0.445. The van der Waals surface area contributed by atoms with Gasteiger partial charge in [0.25, 0.3) is 0 Å². The molecule has 0 unspecified atom stereocenters. The molecule has 120 valence electrons. The summed E-state index contributed by atoms with van der Waals surface area (Å²) in [5, 5.41) is 11.4. The summed E-state index contributed by atoms with van der Waals surface area (Å²) < 4.78 is 19.0. The third-order valence-electron chi connectivity index (χ3n) is 3.00. The number of esters is 1. The van der Waals surface area contributed by atoms with Crippen LogP contribution in [-0.2, 0) is 4.79 Å². The predicted molar refractivity (Wildman–Crippen MR) is 87.3 cm³/mol. The number of rotatable bonds is 4. The highest BCUT2D eigenvalue weighted by Crippen LogP contribution is 2.28. The van der Waals surface area contributed by atoms with Gasteiger partial charge in [-0.05, 0) is 24.3 Å². The highest BCUT2D eigenvalue weighted by Gasteiger charge is 2.18. The fraction of sp³-hybridized carbons (Fsp3) is 0. The topological polar surface area (TPSA) is 82.3 Å². The lowest BCUT2D eigenvalue weighted by atomic mass is 10.3. The standard InChI is InChI=1S/C16H9FN2O4S/c17-10-5-6-12(19(21)22)13(9-10)23-16(20)8-7-15-18-11-3-1-2-4-14(11)24-15/h1-9H/b8-7+. The average molecular weight is 344 g/mol. The van der Waals surface area contributed by atoms with E-state index >= 15 is 0 Å². The van der Waals surface area contributed by atoms with Gasteiger partial charge < -0.3 is 4.74 Å². The molecule has 0 atom stereocenters. The van der Waals surface area contributed by atoms with Gasteiger partial charge in [-0.1, -0.05) is 12.1 Å². The van der Waals surface area contributed by atoms with Crippen LogP contribution >= 0.6 is 11.3 Å². The quantitative estimate of drug-likeness (QED) is 0.235. The van der Waals surface area contributed by atoms with Gasteiger partial charge in [-0.3, -0.25) is 10.1 Å². The van der Waals surface area contributed by atoms with Crippen LogP contribution in [0.4, 0.5) is 10.1 Å². The van der Waals surface area contributed by atoms with Crippen LogP contribution in [0.2, 0.25) is 0 Å². The molecule has 2 aromatic carbocycles. The second kappa shape index (κ2) is 6.55. The van der Waals surface area contributed by atoms with E-state index < -0.39 is 28.1 Å². The first-order valence-corrected chi connectivity index (χ1v) is 7.54. The number of nitro benzene ring substituents is 1. The number of carbonyl (C=O) groups is 1. The molecule has 3 aromatic rings. The number of ether oxygens (including phenoxy) is 1. The van der Waals surface area contributed by atoms with E-state index in [-0.39, 0.29) is 0 Å². The van der Waals surface area contributed by atoms with Crippen LogP contribution < -0.4 is 4.74 Å². The molecular formula is C16H9FN2O4S. The molecule has 0 saturated heterocycles. The Morgan fingerprint density at radius 2 is 2.08 bits per heavy atom. The van der Waals surface area contributed by atoms with Crippen molar-refractivity contribution in [1.29, 1.82) is 0 Å². The van der Waals surface area contributed by atoms with Gasteiger partial charge in [0.2, 0.25) is 5.75 Å². The molecule has 24 heavy (non-hydrogen) atoms. The minimum Gasteiger partial charge on any atom is -0.416 e. The van der Waals surface area contributed by atoms with Gasteiger partial charge in [-0.15, -0.1) is 11.3 Å². The number of hydrogen-bond donors (Lipinski definition) is 0. The normalized spacial score (nSPS) is 11.0. The van der Waals surface area contributed by atoms with Crippen molar-refractivity contribution in [3.8, 4) is 5.75 Å². The summed E-state index contributed by atoms with van der Waals surface area (Å²) in [5.74, 6) is -2.04. The fourth-order valence-corrected chi connectivity index (χ4v) is 2.83. The number of halogens is 1. The van der Waals surface area contributed by atoms with Gasteiger partial charge in [0.05, 0.1) is 15.1 Å². The van der Waals surface area contributed by atoms with Crippen molar-refractivity contribution in [3.63, 3.8) is 0 Å². The lowest BCUT2D eigenvalue weighted by Crippen LogP contribution is -2.06. The first kappa shape index (κ1) is 15.8. The number of aromatic nitrogens is 1. The van der Waals surface area contributed by atoms with E-state index in [1.807, 2.05) is 24.3 Å². The zero-order valence-electron chi connectivity index (χ0n) is 12.0. The highest BCUT2D eigenvalue weighted by molar-refractivity contribution is 7.19. The second-order valence-corrected chi connectivity index (χ2v) is 5.71. The molecule has 0 amide bonds. The predicted octanol–water partition coefficient (Wildman–Crippen LogP) is 3.96. The van der Waals surface area contributed by atoms with Crippen molar-refractivity contribution < 1.29 is 18.8 Å². The maximum atomic E-state index is 13.2. The maximum absolute atomic E-state index is 13.2. The second-order valence-electron chi connectivity index (χ2n) is 4.64. The Bertz CT molecular complexity index is 935. The SMILES string of the molecule is O=C(/C=C/c1nc2ccccc2s1)Oc1cc(F)ccc1[N+](=O)[O-]. The number of fused-ring (bicyclic) bond motifs is 1. The molecule has 3 rings (SSSR count). The molecule has 1 heterocycles. The van der Waals surface area contributed by atoms with Gasteiger partial charge in [-0.2, -0.15) is 0 Å². The molecule has 8 heteroatoms. The van der Waals surface area contributed by atoms with Crippen LogP contribution in [0.15, 0.2) is 48.5 Å². The fourth-order valence-electron chi connectivity index (χ4n) is 1.96. The third kappa shape index (κ3) is 3.44. The van der Waals surface area contributed by atoms with Crippen molar-refractivity contribution in [2.75, 3.05) is 0 Å². The highest BCUT2D eigenvalue weighted by atomic mass is 32.1. The molecule has 0 bridgehead atoms. The Kier molecular flexibility index (Phi) is 4.30. The summed E-state index contributed by atoms with van der Waals surface area (Å²) in [4.78, 5) is 26.2. The zero-order chi connectivity index (χ0) is 17.1. The van der Waals surface area contributed by atoms with Crippen molar-refractivity contribution in [3.05, 3.63) is 69.5 Å². The molecule has 0 N–H and O–H groups in total. The Balaban J connectivity index is 1.78. The molecule has 0 fully saturated rings. The summed E-state index contributed by atoms with van der Waals surface area (Å²) >= 11 is 1.38. The number of nitro groups is 1. The largest absolute Gasteiger partial charge is 0.416 e. The van der Waals surface area contributed by atoms with E-state index in [1.165, 1.54) is 17.4 Å². The third-order valence-corrected chi connectivity index (χ3v) is 4.00. The van der Waals surface area contributed by atoms with Crippen LogP contribution in [0, 0.1) is 15.9 Å². The van der Waals surface area contributed by atoms with Gasteiger partial charge in [0, 0.05) is 18.2 Å². The zero-order valence-corrected chi connectivity index (χ0v) is 12.8. The Morgan fingerprint density at radius 3 is 2.83 bits per heavy atom. The van der Waals surface area contributed by atoms with E-state index in [2.05, 4.69) is 4.98 Å². The summed E-state index contributed by atoms with van der Waals surface area (Å²) in [5.41, 5.74) is 0.314. The van der Waals surface area contributed by atoms with E-state index in [0.29, 0.717) is 5.01 Å². The maximum Gasteiger partial charge on any atom is 0.336 e. The van der Waals surface area contributed by atoms with Gasteiger partial charge in [0.1, 0.15) is 10.8 Å². The summed E-state index contributed by atoms with van der Waals surface area (Å²) in [6, 6.07) is 10.1. The molecule has 1 aromatic heterocycles. The number of hydrogen-bond acceptors (Lipinski definition) is 6. The Morgan fingerprint density at radius 1 is 1.29 bits per heavy atom. The number of carbonyl (C=O) groups excluding carboxylic acids is 1. The number of benzene rings is 2. The smallest absolute Gasteiger partial charge is 0.336 e. The molecular weight excluding hydrogens is 335 g/mol. The molecule has 0 aliphatic heterocycles. The lowest BCUT2D eigenvalue weighted by Gasteiger charge is -2.02. The first-order valence-electron chi connectivity index (χ1n) is 6.72. The Labute approximate surface area is 139 Å². The summed E-state index contributed by atoms with van der Waals surface area (Å²) in [7, 11) is 0. The average Bonchev–Trinajstić information content (AvgIpc) is 2.95. The molecule has 0 aliphatic rings. The number of thiazole rings is 1. The molecule has 0 radical (unpaired) electrons. The van der Waals surface area contributed by atoms with Crippen LogP contribution in [0.25, 0.3) is 16.3 Å². The van der Waals surface area contributed by atoms with Crippen LogP contribution in [-0.4, -0.2) is 15.9 Å². The van der Waals surface area contributed by atoms with Crippen molar-refractivity contribution >= 4 is 39.3 Å². The van der Waals surface area contributed by atoms with Gasteiger partial charge >= 0.3 is 11.7 Å². The molecule has 0 aliphatic carbocycles.